The molecule has 1 aromatic rings. The van der Waals surface area contributed by atoms with Gasteiger partial charge in [-0.2, -0.15) is 0 Å². The van der Waals surface area contributed by atoms with Gasteiger partial charge in [-0.1, -0.05) is 6.07 Å². The highest BCUT2D eigenvalue weighted by Crippen LogP contribution is 2.08. The quantitative estimate of drug-likeness (QED) is 0.382. The summed E-state index contributed by atoms with van der Waals surface area (Å²) in [4.78, 5) is 47.9. The summed E-state index contributed by atoms with van der Waals surface area (Å²) in [7, 11) is 0. The lowest BCUT2D eigenvalue weighted by atomic mass is 10.1. The first kappa shape index (κ1) is 28.7. The Morgan fingerprint density at radius 2 is 1.00 bits per heavy atom. The van der Waals surface area contributed by atoms with Crippen molar-refractivity contribution in [3.8, 4) is 0 Å². The van der Waals surface area contributed by atoms with Crippen molar-refractivity contribution in [2.75, 3.05) is 26.2 Å². The van der Waals surface area contributed by atoms with Crippen LogP contribution in [0.25, 0.3) is 0 Å². The summed E-state index contributed by atoms with van der Waals surface area (Å²) in [6.07, 6.45) is 0.0571. The Hall–Kier alpha value is -3.30. The fourth-order valence-electron chi connectivity index (χ4n) is 2.60. The average molecular weight is 479 g/mol. The number of carbonyl (C=O) groups excluding carboxylic acids is 4. The van der Waals surface area contributed by atoms with Crippen molar-refractivity contribution in [3.05, 3.63) is 35.4 Å². The van der Waals surface area contributed by atoms with Gasteiger partial charge in [0.2, 0.25) is 0 Å². The van der Waals surface area contributed by atoms with Crippen LogP contribution in [0.1, 0.15) is 75.1 Å². The lowest BCUT2D eigenvalue weighted by Crippen LogP contribution is -2.34. The highest BCUT2D eigenvalue weighted by atomic mass is 16.6. The fraction of sp³-hybridized carbons (Fsp3) is 0.583. The molecule has 0 saturated heterocycles. The zero-order valence-electron chi connectivity index (χ0n) is 21.0. The molecule has 1 rings (SSSR count). The van der Waals surface area contributed by atoms with Gasteiger partial charge in [0, 0.05) is 37.3 Å². The Morgan fingerprint density at radius 3 is 1.35 bits per heavy atom. The average Bonchev–Trinajstić information content (AvgIpc) is 2.70. The van der Waals surface area contributed by atoms with Crippen molar-refractivity contribution in [1.82, 2.24) is 21.3 Å². The standard InChI is InChI=1S/C24H38N4O6/c1-23(2,3)33-21(31)27-14-8-12-25-19(29)17-10-7-11-18(16-17)20(30)26-13-9-15-28-22(32)34-24(4,5)6/h7,10-11,16H,8-9,12-15H2,1-6H3,(H,25,29)(H,26,30)(H,27,31)(H,28,32). The van der Waals surface area contributed by atoms with Gasteiger partial charge in [0.1, 0.15) is 11.2 Å². The summed E-state index contributed by atoms with van der Waals surface area (Å²) < 4.78 is 10.3. The van der Waals surface area contributed by atoms with Crippen LogP contribution >= 0.6 is 0 Å². The van der Waals surface area contributed by atoms with Crippen LogP contribution in [0, 0.1) is 0 Å². The monoisotopic (exact) mass is 478 g/mol. The van der Waals surface area contributed by atoms with Gasteiger partial charge in [0.25, 0.3) is 11.8 Å². The molecule has 0 unspecified atom stereocenters. The minimum absolute atomic E-state index is 0.312. The smallest absolute Gasteiger partial charge is 0.407 e. The van der Waals surface area contributed by atoms with E-state index in [0.717, 1.165) is 0 Å². The molecule has 34 heavy (non-hydrogen) atoms. The third-order valence-electron chi connectivity index (χ3n) is 4.00. The van der Waals surface area contributed by atoms with Crippen LogP contribution in [-0.2, 0) is 9.47 Å². The van der Waals surface area contributed by atoms with E-state index in [0.29, 0.717) is 50.1 Å². The second-order valence-corrected chi connectivity index (χ2v) is 9.66. The van der Waals surface area contributed by atoms with Gasteiger partial charge in [0.05, 0.1) is 0 Å². The third kappa shape index (κ3) is 13.3. The van der Waals surface area contributed by atoms with Gasteiger partial charge in [-0.15, -0.1) is 0 Å². The van der Waals surface area contributed by atoms with Crippen LogP contribution in [0.2, 0.25) is 0 Å². The maximum atomic E-state index is 12.4. The Labute approximate surface area is 201 Å². The molecule has 4 amide bonds. The number of amides is 4. The second-order valence-electron chi connectivity index (χ2n) is 9.66. The number of benzene rings is 1. The number of nitrogens with one attached hydrogen (secondary N) is 4. The number of hydrogen-bond acceptors (Lipinski definition) is 6. The van der Waals surface area contributed by atoms with Crippen molar-refractivity contribution < 1.29 is 28.7 Å². The number of rotatable bonds is 10. The van der Waals surface area contributed by atoms with Gasteiger partial charge >= 0.3 is 12.2 Å². The first-order valence-corrected chi connectivity index (χ1v) is 11.4. The molecule has 0 aliphatic heterocycles. The van der Waals surface area contributed by atoms with Gasteiger partial charge in [-0.25, -0.2) is 9.59 Å². The molecular formula is C24H38N4O6. The van der Waals surface area contributed by atoms with E-state index in [2.05, 4.69) is 21.3 Å². The summed E-state index contributed by atoms with van der Waals surface area (Å²) in [6, 6.07) is 6.39. The SMILES string of the molecule is CC(C)(C)OC(=O)NCCCNC(=O)c1cccc(C(=O)NCCCNC(=O)OC(C)(C)C)c1. The molecule has 10 nitrogen and oxygen atoms in total. The normalized spacial score (nSPS) is 11.2. The minimum Gasteiger partial charge on any atom is -0.444 e. The molecule has 0 fully saturated rings. The molecule has 0 saturated carbocycles. The Bertz CT molecular complexity index is 777. The van der Waals surface area contributed by atoms with Gasteiger partial charge in [0.15, 0.2) is 0 Å². The summed E-state index contributed by atoms with van der Waals surface area (Å²) in [6.45, 7) is 12.1. The first-order chi connectivity index (χ1) is 15.8. The van der Waals surface area contributed by atoms with E-state index in [-0.39, 0.29) is 11.8 Å². The van der Waals surface area contributed by atoms with E-state index in [1.807, 2.05) is 0 Å². The van der Waals surface area contributed by atoms with E-state index in [1.54, 1.807) is 59.7 Å². The van der Waals surface area contributed by atoms with Crippen LogP contribution in [0.5, 0.6) is 0 Å². The van der Waals surface area contributed by atoms with E-state index < -0.39 is 23.4 Å². The molecule has 4 N–H and O–H groups in total. The molecule has 0 spiro atoms. The van der Waals surface area contributed by atoms with Gasteiger partial charge in [-0.05, 0) is 72.6 Å². The predicted molar refractivity (Wildman–Crippen MR) is 129 cm³/mol. The molecule has 0 radical (unpaired) electrons. The van der Waals surface area contributed by atoms with Crippen molar-refractivity contribution >= 4 is 24.0 Å². The Balaban J connectivity index is 2.33. The Morgan fingerprint density at radius 1 is 0.647 bits per heavy atom. The minimum atomic E-state index is -0.563. The molecular weight excluding hydrogens is 440 g/mol. The molecule has 190 valence electrons. The van der Waals surface area contributed by atoms with Crippen LogP contribution < -0.4 is 21.3 Å². The van der Waals surface area contributed by atoms with Crippen molar-refractivity contribution in [2.24, 2.45) is 0 Å². The van der Waals surface area contributed by atoms with E-state index in [9.17, 15) is 19.2 Å². The van der Waals surface area contributed by atoms with Crippen LogP contribution in [-0.4, -0.2) is 61.4 Å². The lowest BCUT2D eigenvalue weighted by molar-refractivity contribution is 0.0515. The predicted octanol–water partition coefficient (Wildman–Crippen LogP) is 2.98. The highest BCUT2D eigenvalue weighted by Gasteiger charge is 2.16. The third-order valence-corrected chi connectivity index (χ3v) is 4.00. The highest BCUT2D eigenvalue weighted by molar-refractivity contribution is 5.99. The largest absolute Gasteiger partial charge is 0.444 e. The van der Waals surface area contributed by atoms with Crippen LogP contribution in [0.4, 0.5) is 9.59 Å². The van der Waals surface area contributed by atoms with Crippen LogP contribution in [0.3, 0.4) is 0 Å². The fourth-order valence-corrected chi connectivity index (χ4v) is 2.60. The molecule has 0 aliphatic rings. The summed E-state index contributed by atoms with van der Waals surface area (Å²) in [5, 5.41) is 10.8. The van der Waals surface area contributed by atoms with E-state index in [1.165, 1.54) is 6.07 Å². The van der Waals surface area contributed by atoms with Crippen molar-refractivity contribution in [2.45, 2.75) is 65.6 Å². The zero-order valence-corrected chi connectivity index (χ0v) is 21.0. The topological polar surface area (TPSA) is 135 Å². The van der Waals surface area contributed by atoms with Gasteiger partial charge < -0.3 is 30.7 Å². The van der Waals surface area contributed by atoms with Gasteiger partial charge in [-0.3, -0.25) is 9.59 Å². The van der Waals surface area contributed by atoms with Crippen LogP contribution in [0.15, 0.2) is 24.3 Å². The number of alkyl carbamates (subject to hydrolysis) is 2. The molecule has 0 heterocycles. The van der Waals surface area contributed by atoms with Crippen molar-refractivity contribution in [1.29, 1.82) is 0 Å². The maximum Gasteiger partial charge on any atom is 0.407 e. The number of hydrogen-bond donors (Lipinski definition) is 4. The zero-order chi connectivity index (χ0) is 25.8. The first-order valence-electron chi connectivity index (χ1n) is 11.4. The summed E-state index contributed by atoms with van der Waals surface area (Å²) in [5.74, 6) is -0.623. The molecule has 0 atom stereocenters. The Kier molecular flexibility index (Phi) is 11.3. The van der Waals surface area contributed by atoms with E-state index in [4.69, 9.17) is 9.47 Å². The maximum absolute atomic E-state index is 12.4. The molecule has 0 aromatic heterocycles. The molecule has 10 heteroatoms. The molecule has 1 aromatic carbocycles. The number of ether oxygens (including phenoxy) is 2. The van der Waals surface area contributed by atoms with Crippen molar-refractivity contribution in [3.63, 3.8) is 0 Å². The van der Waals surface area contributed by atoms with E-state index >= 15 is 0 Å². The second kappa shape index (κ2) is 13.4. The molecule has 0 bridgehead atoms. The lowest BCUT2D eigenvalue weighted by Gasteiger charge is -2.19. The summed E-state index contributed by atoms with van der Waals surface area (Å²) >= 11 is 0. The summed E-state index contributed by atoms with van der Waals surface area (Å²) in [5.41, 5.74) is -0.405. The number of carbonyl (C=O) groups is 4. The molecule has 0 aliphatic carbocycles.